The highest BCUT2D eigenvalue weighted by molar-refractivity contribution is 5.76. The molecular formula is C20H22N2O. The predicted molar refractivity (Wildman–Crippen MR) is 93.1 cm³/mol. The molecule has 1 fully saturated rings. The van der Waals surface area contributed by atoms with E-state index >= 15 is 0 Å². The van der Waals surface area contributed by atoms with Crippen molar-refractivity contribution in [3.05, 3.63) is 59.4 Å². The second-order valence-corrected chi connectivity index (χ2v) is 6.56. The van der Waals surface area contributed by atoms with Gasteiger partial charge in [0.1, 0.15) is 18.2 Å². The van der Waals surface area contributed by atoms with Gasteiger partial charge in [0.15, 0.2) is 0 Å². The average molecular weight is 306 g/mol. The van der Waals surface area contributed by atoms with E-state index in [0.29, 0.717) is 12.5 Å². The SMILES string of the molecule is Cc1cc(C)cc(OCCn2c(C3CC3)nc3ccccc32)c1. The standard InChI is InChI=1S/C20H22N2O/c1-14-11-15(2)13-17(12-14)23-10-9-22-19-6-4-3-5-18(19)21-20(22)16-7-8-16/h3-6,11-13,16H,7-10H2,1-2H3. The zero-order valence-corrected chi connectivity index (χ0v) is 13.7. The minimum Gasteiger partial charge on any atom is -0.492 e. The van der Waals surface area contributed by atoms with E-state index in [4.69, 9.17) is 9.72 Å². The first-order chi connectivity index (χ1) is 11.2. The summed E-state index contributed by atoms with van der Waals surface area (Å²) in [6, 6.07) is 14.8. The Labute approximate surface area is 136 Å². The van der Waals surface area contributed by atoms with E-state index in [-0.39, 0.29) is 0 Å². The number of hydrogen-bond acceptors (Lipinski definition) is 2. The van der Waals surface area contributed by atoms with Gasteiger partial charge in [-0.25, -0.2) is 4.98 Å². The Morgan fingerprint density at radius 2 is 1.83 bits per heavy atom. The van der Waals surface area contributed by atoms with Crippen molar-refractivity contribution in [3.63, 3.8) is 0 Å². The molecule has 0 radical (unpaired) electrons. The number of imidazole rings is 1. The molecule has 4 rings (SSSR count). The van der Waals surface area contributed by atoms with Crippen LogP contribution in [0.25, 0.3) is 11.0 Å². The monoisotopic (exact) mass is 306 g/mol. The third-order valence-electron chi connectivity index (χ3n) is 4.41. The van der Waals surface area contributed by atoms with Crippen molar-refractivity contribution < 1.29 is 4.74 Å². The fourth-order valence-electron chi connectivity index (χ4n) is 3.25. The van der Waals surface area contributed by atoms with Gasteiger partial charge in [0.25, 0.3) is 0 Å². The Bertz CT molecular complexity index is 826. The zero-order valence-electron chi connectivity index (χ0n) is 13.7. The van der Waals surface area contributed by atoms with Gasteiger partial charge < -0.3 is 9.30 Å². The molecule has 0 saturated heterocycles. The molecule has 2 aromatic carbocycles. The Balaban J connectivity index is 1.54. The molecule has 1 saturated carbocycles. The number of aryl methyl sites for hydroxylation is 2. The summed E-state index contributed by atoms with van der Waals surface area (Å²) in [7, 11) is 0. The summed E-state index contributed by atoms with van der Waals surface area (Å²) in [6.07, 6.45) is 2.53. The van der Waals surface area contributed by atoms with Crippen molar-refractivity contribution >= 4 is 11.0 Å². The molecule has 0 amide bonds. The van der Waals surface area contributed by atoms with Gasteiger partial charge in [0.2, 0.25) is 0 Å². The molecule has 3 heteroatoms. The van der Waals surface area contributed by atoms with Crippen molar-refractivity contribution in [1.82, 2.24) is 9.55 Å². The van der Waals surface area contributed by atoms with Crippen LogP contribution in [-0.2, 0) is 6.54 Å². The van der Waals surface area contributed by atoms with Gasteiger partial charge in [-0.15, -0.1) is 0 Å². The van der Waals surface area contributed by atoms with Gasteiger partial charge in [0.05, 0.1) is 17.6 Å². The number of rotatable bonds is 5. The number of fused-ring (bicyclic) bond motifs is 1. The summed E-state index contributed by atoms with van der Waals surface area (Å²) in [5.41, 5.74) is 4.80. The molecule has 0 spiro atoms. The number of ether oxygens (including phenoxy) is 1. The first kappa shape index (κ1) is 14.3. The molecule has 0 bridgehead atoms. The molecule has 0 aliphatic heterocycles. The Morgan fingerprint density at radius 1 is 1.09 bits per heavy atom. The van der Waals surface area contributed by atoms with Crippen LogP contribution in [0, 0.1) is 13.8 Å². The molecule has 1 aliphatic carbocycles. The minimum absolute atomic E-state index is 0.642. The minimum atomic E-state index is 0.642. The molecular weight excluding hydrogens is 284 g/mol. The van der Waals surface area contributed by atoms with Gasteiger partial charge in [-0.05, 0) is 62.1 Å². The first-order valence-electron chi connectivity index (χ1n) is 8.37. The van der Waals surface area contributed by atoms with Crippen LogP contribution < -0.4 is 4.74 Å². The van der Waals surface area contributed by atoms with Crippen LogP contribution in [0.15, 0.2) is 42.5 Å². The average Bonchev–Trinajstić information content (AvgIpc) is 3.29. The van der Waals surface area contributed by atoms with E-state index in [2.05, 4.69) is 60.9 Å². The maximum Gasteiger partial charge on any atom is 0.119 e. The summed E-state index contributed by atoms with van der Waals surface area (Å²) in [5.74, 6) is 2.83. The predicted octanol–water partition coefficient (Wildman–Crippen LogP) is 4.61. The number of hydrogen-bond donors (Lipinski definition) is 0. The lowest BCUT2D eigenvalue weighted by molar-refractivity contribution is 0.298. The van der Waals surface area contributed by atoms with E-state index in [9.17, 15) is 0 Å². The van der Waals surface area contributed by atoms with Crippen molar-refractivity contribution in [2.24, 2.45) is 0 Å². The van der Waals surface area contributed by atoms with Crippen LogP contribution in [-0.4, -0.2) is 16.2 Å². The molecule has 23 heavy (non-hydrogen) atoms. The van der Waals surface area contributed by atoms with E-state index in [1.165, 1.54) is 35.3 Å². The molecule has 3 nitrogen and oxygen atoms in total. The number of para-hydroxylation sites is 2. The number of nitrogens with zero attached hydrogens (tertiary/aromatic N) is 2. The van der Waals surface area contributed by atoms with E-state index in [1.807, 2.05) is 0 Å². The lowest BCUT2D eigenvalue weighted by atomic mass is 10.1. The van der Waals surface area contributed by atoms with Gasteiger partial charge in [-0.2, -0.15) is 0 Å². The summed E-state index contributed by atoms with van der Waals surface area (Å²) >= 11 is 0. The highest BCUT2D eigenvalue weighted by Gasteiger charge is 2.29. The Kier molecular flexibility index (Phi) is 3.56. The topological polar surface area (TPSA) is 27.1 Å². The van der Waals surface area contributed by atoms with Crippen LogP contribution in [0.5, 0.6) is 5.75 Å². The summed E-state index contributed by atoms with van der Waals surface area (Å²) in [4.78, 5) is 4.84. The molecule has 1 aromatic heterocycles. The van der Waals surface area contributed by atoms with Gasteiger partial charge in [0, 0.05) is 5.92 Å². The van der Waals surface area contributed by atoms with Gasteiger partial charge in [-0.1, -0.05) is 18.2 Å². The molecule has 1 aliphatic rings. The largest absolute Gasteiger partial charge is 0.492 e. The lowest BCUT2D eigenvalue weighted by Crippen LogP contribution is -2.11. The highest BCUT2D eigenvalue weighted by Crippen LogP contribution is 2.40. The zero-order chi connectivity index (χ0) is 15.8. The molecule has 1 heterocycles. The van der Waals surface area contributed by atoms with Crippen LogP contribution in [0.2, 0.25) is 0 Å². The van der Waals surface area contributed by atoms with Crippen LogP contribution in [0.4, 0.5) is 0 Å². The van der Waals surface area contributed by atoms with E-state index < -0.39 is 0 Å². The summed E-state index contributed by atoms with van der Waals surface area (Å²) in [6.45, 7) is 5.73. The van der Waals surface area contributed by atoms with Crippen LogP contribution in [0.1, 0.15) is 35.7 Å². The van der Waals surface area contributed by atoms with Crippen molar-refractivity contribution in [1.29, 1.82) is 0 Å². The van der Waals surface area contributed by atoms with Crippen LogP contribution in [0.3, 0.4) is 0 Å². The second kappa shape index (κ2) is 5.73. The van der Waals surface area contributed by atoms with Gasteiger partial charge in [-0.3, -0.25) is 0 Å². The smallest absolute Gasteiger partial charge is 0.119 e. The van der Waals surface area contributed by atoms with Crippen molar-refractivity contribution in [2.45, 2.75) is 39.2 Å². The molecule has 118 valence electrons. The normalized spacial score (nSPS) is 14.3. The third-order valence-corrected chi connectivity index (χ3v) is 4.41. The Hall–Kier alpha value is -2.29. The fourth-order valence-corrected chi connectivity index (χ4v) is 3.25. The maximum absolute atomic E-state index is 6.00. The lowest BCUT2D eigenvalue weighted by Gasteiger charge is -2.11. The molecule has 0 atom stereocenters. The molecule has 0 N–H and O–H groups in total. The molecule has 3 aromatic rings. The van der Waals surface area contributed by atoms with Crippen molar-refractivity contribution in [3.8, 4) is 5.75 Å². The fraction of sp³-hybridized carbons (Fsp3) is 0.350. The maximum atomic E-state index is 6.00. The summed E-state index contributed by atoms with van der Waals surface area (Å²) in [5, 5.41) is 0. The van der Waals surface area contributed by atoms with Crippen LogP contribution >= 0.6 is 0 Å². The third kappa shape index (κ3) is 2.96. The van der Waals surface area contributed by atoms with E-state index in [1.54, 1.807) is 0 Å². The highest BCUT2D eigenvalue weighted by atomic mass is 16.5. The molecule has 0 unspecified atom stereocenters. The van der Waals surface area contributed by atoms with E-state index in [0.717, 1.165) is 17.8 Å². The first-order valence-corrected chi connectivity index (χ1v) is 8.37. The number of aromatic nitrogens is 2. The number of benzene rings is 2. The quantitative estimate of drug-likeness (QED) is 0.688. The second-order valence-electron chi connectivity index (χ2n) is 6.56. The Morgan fingerprint density at radius 3 is 2.57 bits per heavy atom. The van der Waals surface area contributed by atoms with Gasteiger partial charge >= 0.3 is 0 Å². The summed E-state index contributed by atoms with van der Waals surface area (Å²) < 4.78 is 8.34. The van der Waals surface area contributed by atoms with Crippen molar-refractivity contribution in [2.75, 3.05) is 6.61 Å².